The number of methoxy groups -OCH3 is 1. The van der Waals surface area contributed by atoms with E-state index in [0.717, 1.165) is 25.9 Å². The molecule has 1 aliphatic heterocycles. The van der Waals surface area contributed by atoms with Crippen LogP contribution < -0.4 is 16.0 Å². The highest BCUT2D eigenvalue weighted by Gasteiger charge is 2.23. The Hall–Kier alpha value is -1.89. The maximum Gasteiger partial charge on any atom is 0.260 e. The van der Waals surface area contributed by atoms with Gasteiger partial charge in [0.25, 0.3) is 5.91 Å². The first kappa shape index (κ1) is 11.6. The first-order valence-corrected chi connectivity index (χ1v) is 5.43. The smallest absolute Gasteiger partial charge is 0.260 e. The molecule has 17 heavy (non-hydrogen) atoms. The average molecular weight is 237 g/mol. The third-order valence-electron chi connectivity index (χ3n) is 2.70. The number of amides is 1. The van der Waals surface area contributed by atoms with Crippen molar-refractivity contribution in [2.24, 2.45) is 5.84 Å². The fraction of sp³-hybridized carbons (Fsp3) is 0.500. The van der Waals surface area contributed by atoms with Gasteiger partial charge in [-0.1, -0.05) is 0 Å². The molecule has 3 N–H and O–H groups in total. The van der Waals surface area contributed by atoms with Gasteiger partial charge in [0.15, 0.2) is 0 Å². The molecular weight excluding hydrogens is 222 g/mol. The van der Waals surface area contributed by atoms with E-state index in [-0.39, 0.29) is 17.7 Å². The van der Waals surface area contributed by atoms with E-state index in [9.17, 15) is 4.79 Å². The predicted octanol–water partition coefficient (Wildman–Crippen LogP) is 0.00680. The summed E-state index contributed by atoms with van der Waals surface area (Å²) in [5, 5.41) is 0. The molecule has 0 unspecified atom stereocenters. The Labute approximate surface area is 98.9 Å². The van der Waals surface area contributed by atoms with E-state index in [0.29, 0.717) is 5.56 Å². The van der Waals surface area contributed by atoms with Crippen LogP contribution in [0.15, 0.2) is 6.20 Å². The molecule has 7 nitrogen and oxygen atoms in total. The summed E-state index contributed by atoms with van der Waals surface area (Å²) >= 11 is 0. The molecule has 2 rings (SSSR count). The second-order valence-corrected chi connectivity index (χ2v) is 3.76. The maximum atomic E-state index is 12.1. The lowest BCUT2D eigenvalue weighted by Gasteiger charge is -2.16. The molecule has 0 saturated carbocycles. The van der Waals surface area contributed by atoms with Gasteiger partial charge < -0.3 is 9.64 Å². The zero-order valence-electron chi connectivity index (χ0n) is 9.64. The first-order chi connectivity index (χ1) is 8.26. The lowest BCUT2D eigenvalue weighted by Crippen LogP contribution is -2.28. The number of nitrogens with one attached hydrogen (secondary N) is 1. The molecule has 0 radical (unpaired) electrons. The molecule has 0 spiro atoms. The Bertz CT molecular complexity index is 417. The molecular formula is C10H15N5O2. The number of nitrogens with zero attached hydrogens (tertiary/aromatic N) is 3. The van der Waals surface area contributed by atoms with Gasteiger partial charge in [-0.05, 0) is 12.8 Å². The van der Waals surface area contributed by atoms with Crippen LogP contribution in [0.2, 0.25) is 0 Å². The highest BCUT2D eigenvalue weighted by Crippen LogP contribution is 2.20. The number of hydrogen-bond acceptors (Lipinski definition) is 6. The zero-order valence-corrected chi connectivity index (χ0v) is 9.64. The Balaban J connectivity index is 2.27. The number of hydrogen-bond donors (Lipinski definition) is 2. The average Bonchev–Trinajstić information content (AvgIpc) is 2.91. The van der Waals surface area contributed by atoms with Gasteiger partial charge in [0.2, 0.25) is 11.8 Å². The number of nitrogen functional groups attached to an aromatic ring is 1. The molecule has 1 aromatic heterocycles. The van der Waals surface area contributed by atoms with E-state index in [1.165, 1.54) is 13.3 Å². The molecule has 92 valence electrons. The topological polar surface area (TPSA) is 93.4 Å². The number of carbonyl (C=O) groups is 1. The summed E-state index contributed by atoms with van der Waals surface area (Å²) in [7, 11) is 1.46. The summed E-state index contributed by atoms with van der Waals surface area (Å²) in [4.78, 5) is 21.8. The van der Waals surface area contributed by atoms with E-state index in [4.69, 9.17) is 10.6 Å². The maximum absolute atomic E-state index is 12.1. The number of hydrazine groups is 1. The standard InChI is InChI=1S/C10H15N5O2/c1-17-8-7(6-12-10(13-8)14-11)9(16)15-4-2-3-5-15/h6H,2-5,11H2,1H3,(H,12,13,14). The molecule has 2 heterocycles. The van der Waals surface area contributed by atoms with Crippen molar-refractivity contribution in [2.75, 3.05) is 25.6 Å². The van der Waals surface area contributed by atoms with Crippen molar-refractivity contribution in [1.29, 1.82) is 0 Å². The Morgan fingerprint density at radius 2 is 2.24 bits per heavy atom. The van der Waals surface area contributed by atoms with Crippen molar-refractivity contribution >= 4 is 11.9 Å². The second kappa shape index (κ2) is 4.96. The zero-order chi connectivity index (χ0) is 12.3. The van der Waals surface area contributed by atoms with E-state index in [2.05, 4.69) is 15.4 Å². The van der Waals surface area contributed by atoms with E-state index in [1.54, 1.807) is 4.90 Å². The van der Waals surface area contributed by atoms with Crippen LogP contribution in [0.1, 0.15) is 23.2 Å². The molecule has 1 saturated heterocycles. The molecule has 0 aromatic carbocycles. The van der Waals surface area contributed by atoms with E-state index in [1.807, 2.05) is 0 Å². The van der Waals surface area contributed by atoms with Gasteiger partial charge in [0.05, 0.1) is 7.11 Å². The molecule has 0 bridgehead atoms. The number of aromatic nitrogens is 2. The van der Waals surface area contributed by atoms with Crippen LogP contribution in [-0.4, -0.2) is 41.0 Å². The van der Waals surface area contributed by atoms with Crippen LogP contribution in [0.5, 0.6) is 5.88 Å². The summed E-state index contributed by atoms with van der Waals surface area (Å²) in [6, 6.07) is 0. The second-order valence-electron chi connectivity index (χ2n) is 3.76. The number of rotatable bonds is 3. The van der Waals surface area contributed by atoms with Crippen LogP contribution in [-0.2, 0) is 0 Å². The molecule has 1 aliphatic rings. The van der Waals surface area contributed by atoms with Gasteiger partial charge in [-0.3, -0.25) is 10.2 Å². The van der Waals surface area contributed by atoms with Gasteiger partial charge in [-0.25, -0.2) is 10.8 Å². The quantitative estimate of drug-likeness (QED) is 0.568. The highest BCUT2D eigenvalue weighted by atomic mass is 16.5. The summed E-state index contributed by atoms with van der Waals surface area (Å²) < 4.78 is 5.07. The fourth-order valence-electron chi connectivity index (χ4n) is 1.83. The third kappa shape index (κ3) is 2.28. The van der Waals surface area contributed by atoms with Gasteiger partial charge in [-0.15, -0.1) is 0 Å². The van der Waals surface area contributed by atoms with Crippen molar-refractivity contribution in [1.82, 2.24) is 14.9 Å². The molecule has 1 amide bonds. The molecule has 0 atom stereocenters. The van der Waals surface area contributed by atoms with Crippen LogP contribution in [0, 0.1) is 0 Å². The monoisotopic (exact) mass is 237 g/mol. The lowest BCUT2D eigenvalue weighted by atomic mass is 10.3. The van der Waals surface area contributed by atoms with Crippen LogP contribution in [0.3, 0.4) is 0 Å². The van der Waals surface area contributed by atoms with Gasteiger partial charge in [0, 0.05) is 19.3 Å². The highest BCUT2D eigenvalue weighted by molar-refractivity contribution is 5.96. The van der Waals surface area contributed by atoms with Crippen molar-refractivity contribution in [3.63, 3.8) is 0 Å². The number of anilines is 1. The van der Waals surface area contributed by atoms with Gasteiger partial charge in [-0.2, -0.15) is 4.98 Å². The van der Waals surface area contributed by atoms with Crippen LogP contribution in [0.25, 0.3) is 0 Å². The van der Waals surface area contributed by atoms with Crippen LogP contribution >= 0.6 is 0 Å². The minimum absolute atomic E-state index is 0.0945. The third-order valence-corrected chi connectivity index (χ3v) is 2.70. The van der Waals surface area contributed by atoms with Crippen molar-refractivity contribution in [3.8, 4) is 5.88 Å². The lowest BCUT2D eigenvalue weighted by molar-refractivity contribution is 0.0788. The van der Waals surface area contributed by atoms with E-state index >= 15 is 0 Å². The van der Waals surface area contributed by atoms with Crippen molar-refractivity contribution < 1.29 is 9.53 Å². The van der Waals surface area contributed by atoms with Gasteiger partial charge >= 0.3 is 0 Å². The number of likely N-dealkylation sites (tertiary alicyclic amines) is 1. The molecule has 1 aromatic rings. The first-order valence-electron chi connectivity index (χ1n) is 5.43. The van der Waals surface area contributed by atoms with Crippen molar-refractivity contribution in [2.45, 2.75) is 12.8 Å². The largest absolute Gasteiger partial charge is 0.480 e. The minimum Gasteiger partial charge on any atom is -0.480 e. The Morgan fingerprint density at radius 1 is 1.53 bits per heavy atom. The SMILES string of the molecule is COc1nc(NN)ncc1C(=O)N1CCCC1. The normalized spacial score (nSPS) is 14.8. The summed E-state index contributed by atoms with van der Waals surface area (Å²) in [5.74, 6) is 5.56. The van der Waals surface area contributed by atoms with Gasteiger partial charge in [0.1, 0.15) is 5.56 Å². The number of ether oxygens (including phenoxy) is 1. The van der Waals surface area contributed by atoms with E-state index < -0.39 is 0 Å². The number of nitrogens with two attached hydrogens (primary N) is 1. The van der Waals surface area contributed by atoms with Crippen LogP contribution in [0.4, 0.5) is 5.95 Å². The number of carbonyl (C=O) groups excluding carboxylic acids is 1. The molecule has 0 aliphatic carbocycles. The van der Waals surface area contributed by atoms with Crippen molar-refractivity contribution in [3.05, 3.63) is 11.8 Å². The summed E-state index contributed by atoms with van der Waals surface area (Å²) in [5.41, 5.74) is 2.68. The fourth-order valence-corrected chi connectivity index (χ4v) is 1.83. The molecule has 7 heteroatoms. The summed E-state index contributed by atoms with van der Waals surface area (Å²) in [6.45, 7) is 1.55. The minimum atomic E-state index is -0.0945. The predicted molar refractivity (Wildman–Crippen MR) is 61.5 cm³/mol. The Morgan fingerprint density at radius 3 is 2.82 bits per heavy atom. The summed E-state index contributed by atoms with van der Waals surface area (Å²) in [6.07, 6.45) is 3.51. The Kier molecular flexibility index (Phi) is 3.38. The molecule has 1 fully saturated rings.